The van der Waals surface area contributed by atoms with Gasteiger partial charge in [0.05, 0.1) is 0 Å². The molecule has 4 rings (SSSR count). The monoisotopic (exact) mass is 347 g/mol. The summed E-state index contributed by atoms with van der Waals surface area (Å²) < 4.78 is 16.8. The smallest absolute Gasteiger partial charge is 0.180 e. The molecule has 5 heteroatoms. The van der Waals surface area contributed by atoms with Crippen molar-refractivity contribution in [3.05, 3.63) is 29.3 Å². The predicted octanol–water partition coefficient (Wildman–Crippen LogP) is 3.00. The Morgan fingerprint density at radius 3 is 2.83 bits per heavy atom. The Kier molecular flexibility index (Phi) is 3.59. The number of fused-ring (bicyclic) bond motifs is 5. The Balaban J connectivity index is 1.65. The number of rotatable bonds is 2. The molecule has 2 fully saturated rings. The van der Waals surface area contributed by atoms with Crippen LogP contribution >= 0.6 is 0 Å². The molecular weight excluding hydrogens is 322 g/mol. The third-order valence-electron chi connectivity index (χ3n) is 6.64. The summed E-state index contributed by atoms with van der Waals surface area (Å²) in [5, 5.41) is 5.40. The van der Waals surface area contributed by atoms with Gasteiger partial charge < -0.3 is 4.18 Å². The lowest BCUT2D eigenvalue weighted by atomic mass is 9.55. The number of carbonyl (C=O) groups is 1. The first-order valence-corrected chi connectivity index (χ1v) is 10.5. The van der Waals surface area contributed by atoms with E-state index in [-0.39, 0.29) is 5.41 Å². The van der Waals surface area contributed by atoms with Crippen molar-refractivity contribution in [1.29, 1.82) is 0 Å². The van der Waals surface area contributed by atoms with E-state index < -0.39 is 9.99 Å². The highest BCUT2D eigenvalue weighted by atomic mass is 32.2. The highest BCUT2D eigenvalue weighted by Gasteiger charge is 2.54. The van der Waals surface area contributed by atoms with Crippen LogP contribution in [0.4, 0.5) is 0 Å². The first kappa shape index (κ1) is 16.2. The Hall–Kier alpha value is -1.33. The van der Waals surface area contributed by atoms with Crippen LogP contribution in [0.1, 0.15) is 56.1 Å². The van der Waals surface area contributed by atoms with Crippen molar-refractivity contribution in [3.8, 4) is 5.75 Å². The first-order valence-electron chi connectivity index (χ1n) is 8.78. The zero-order valence-corrected chi connectivity index (χ0v) is 14.9. The Bertz CT molecular complexity index is 801. The summed E-state index contributed by atoms with van der Waals surface area (Å²) in [4.78, 5) is 12.4. The van der Waals surface area contributed by atoms with E-state index in [2.05, 4.69) is 18.9 Å². The summed E-state index contributed by atoms with van der Waals surface area (Å²) in [6.07, 6.45) is 6.01. The molecule has 130 valence electrons. The van der Waals surface area contributed by atoms with Crippen molar-refractivity contribution in [2.75, 3.05) is 0 Å². The normalized spacial score (nSPS) is 37.1. The maximum Gasteiger partial charge on any atom is 0.180 e. The van der Waals surface area contributed by atoms with Gasteiger partial charge in [-0.3, -0.25) is 4.79 Å². The SMILES string of the molecule is C=S(N)(=O)Oc1ccc2c(c1)CCC1C2CCC2(C)C(=O)CCC12. The molecule has 4 nitrogen and oxygen atoms in total. The van der Waals surface area contributed by atoms with Gasteiger partial charge in [0.25, 0.3) is 0 Å². The molecule has 0 radical (unpaired) electrons. The molecule has 0 heterocycles. The third kappa shape index (κ3) is 2.49. The van der Waals surface area contributed by atoms with Crippen molar-refractivity contribution in [3.63, 3.8) is 0 Å². The van der Waals surface area contributed by atoms with E-state index in [0.717, 1.165) is 38.5 Å². The fraction of sp³-hybridized carbons (Fsp3) is 0.579. The van der Waals surface area contributed by atoms with E-state index in [1.54, 1.807) is 0 Å². The van der Waals surface area contributed by atoms with Crippen LogP contribution in [0.15, 0.2) is 18.2 Å². The van der Waals surface area contributed by atoms with Crippen LogP contribution in [0, 0.1) is 17.3 Å². The van der Waals surface area contributed by atoms with Crippen LogP contribution in [-0.2, 0) is 21.2 Å². The molecule has 1 aromatic carbocycles. The molecule has 0 amide bonds. The Morgan fingerprint density at radius 2 is 2.08 bits per heavy atom. The molecule has 5 atom stereocenters. The highest BCUT2D eigenvalue weighted by molar-refractivity contribution is 7.94. The molecule has 0 bridgehead atoms. The van der Waals surface area contributed by atoms with Crippen LogP contribution in [-0.4, -0.2) is 15.9 Å². The van der Waals surface area contributed by atoms with Crippen LogP contribution in [0.25, 0.3) is 0 Å². The zero-order valence-electron chi connectivity index (χ0n) is 14.1. The fourth-order valence-corrected chi connectivity index (χ4v) is 5.97. The molecule has 1 aromatic rings. The van der Waals surface area contributed by atoms with Gasteiger partial charge in [-0.05, 0) is 73.1 Å². The van der Waals surface area contributed by atoms with Gasteiger partial charge in [0.1, 0.15) is 11.5 Å². The highest BCUT2D eigenvalue weighted by Crippen LogP contribution is 2.59. The summed E-state index contributed by atoms with van der Waals surface area (Å²) >= 11 is 0. The van der Waals surface area contributed by atoms with E-state index in [1.165, 1.54) is 11.1 Å². The standard InChI is InChI=1S/C19H25NO3S/c1-19-10-9-15-14-6-4-13(23-24(2,20)22)11-12(14)3-5-16(15)17(19)7-8-18(19)21/h4,6,11,15-17H,2-3,5,7-10H2,1H3,(H2,20,22). The molecule has 2 saturated carbocycles. The number of nitrogens with two attached hydrogens (primary N) is 1. The van der Waals surface area contributed by atoms with Gasteiger partial charge in [0, 0.05) is 17.7 Å². The number of benzene rings is 1. The maximum atomic E-state index is 12.4. The van der Waals surface area contributed by atoms with Gasteiger partial charge in [0.2, 0.25) is 0 Å². The van der Waals surface area contributed by atoms with Crippen LogP contribution in [0.3, 0.4) is 0 Å². The van der Waals surface area contributed by atoms with Crippen molar-refractivity contribution in [1.82, 2.24) is 0 Å². The number of carbonyl (C=O) groups excluding carboxylic acids is 1. The minimum atomic E-state index is -2.99. The van der Waals surface area contributed by atoms with Crippen LogP contribution in [0.2, 0.25) is 0 Å². The zero-order chi connectivity index (χ0) is 17.1. The maximum absolute atomic E-state index is 12.4. The quantitative estimate of drug-likeness (QED) is 0.836. The Morgan fingerprint density at radius 1 is 1.29 bits per heavy atom. The van der Waals surface area contributed by atoms with Crippen molar-refractivity contribution < 1.29 is 13.2 Å². The minimum Gasteiger partial charge on any atom is -0.398 e. The second-order valence-electron chi connectivity index (χ2n) is 7.94. The lowest BCUT2D eigenvalue weighted by Gasteiger charge is -2.48. The molecule has 0 aromatic heterocycles. The van der Waals surface area contributed by atoms with E-state index in [9.17, 15) is 9.00 Å². The summed E-state index contributed by atoms with van der Waals surface area (Å²) in [6, 6.07) is 5.93. The van der Waals surface area contributed by atoms with Crippen LogP contribution < -0.4 is 9.32 Å². The summed E-state index contributed by atoms with van der Waals surface area (Å²) in [7, 11) is -2.99. The summed E-state index contributed by atoms with van der Waals surface area (Å²) in [5.74, 6) is 6.05. The molecule has 2 N–H and O–H groups in total. The number of hydrogen-bond acceptors (Lipinski definition) is 3. The minimum absolute atomic E-state index is 0.0827. The number of Topliss-reactive ketones (excluding diaryl/α,β-unsaturated/α-hetero) is 1. The van der Waals surface area contributed by atoms with Gasteiger partial charge in [0.15, 0.2) is 9.99 Å². The topological polar surface area (TPSA) is 69.4 Å². The molecular formula is C19H25NO3S. The number of aryl methyl sites for hydroxylation is 1. The number of hydrogen-bond donors (Lipinski definition) is 1. The lowest BCUT2D eigenvalue weighted by molar-refractivity contribution is -0.129. The summed E-state index contributed by atoms with van der Waals surface area (Å²) in [6.45, 7) is 2.20. The molecule has 0 spiro atoms. The molecule has 5 unspecified atom stereocenters. The van der Waals surface area contributed by atoms with Gasteiger partial charge in [-0.25, -0.2) is 9.35 Å². The van der Waals surface area contributed by atoms with Crippen molar-refractivity contribution in [2.45, 2.75) is 51.4 Å². The fourth-order valence-electron chi connectivity index (χ4n) is 5.54. The molecule has 3 aliphatic rings. The van der Waals surface area contributed by atoms with Gasteiger partial charge in [-0.15, -0.1) is 0 Å². The summed E-state index contributed by atoms with van der Waals surface area (Å²) in [5.41, 5.74) is 2.57. The largest absolute Gasteiger partial charge is 0.398 e. The lowest BCUT2D eigenvalue weighted by Crippen LogP contribution is -2.42. The Labute approximate surface area is 144 Å². The average Bonchev–Trinajstić information content (AvgIpc) is 2.81. The van der Waals surface area contributed by atoms with Gasteiger partial charge in [-0.2, -0.15) is 0 Å². The molecule has 24 heavy (non-hydrogen) atoms. The van der Waals surface area contributed by atoms with Crippen molar-refractivity contribution >= 4 is 21.6 Å². The van der Waals surface area contributed by atoms with Crippen molar-refractivity contribution in [2.24, 2.45) is 22.4 Å². The number of ketones is 1. The van der Waals surface area contributed by atoms with E-state index >= 15 is 0 Å². The van der Waals surface area contributed by atoms with Gasteiger partial charge in [-0.1, -0.05) is 13.0 Å². The second kappa shape index (κ2) is 5.33. The molecule has 0 saturated heterocycles. The second-order valence-corrected chi connectivity index (χ2v) is 9.43. The van der Waals surface area contributed by atoms with E-state index in [4.69, 9.17) is 9.32 Å². The van der Waals surface area contributed by atoms with Crippen LogP contribution in [0.5, 0.6) is 5.75 Å². The molecule has 0 aliphatic heterocycles. The molecule has 3 aliphatic carbocycles. The predicted molar refractivity (Wildman–Crippen MR) is 96.1 cm³/mol. The van der Waals surface area contributed by atoms with Gasteiger partial charge >= 0.3 is 0 Å². The first-order chi connectivity index (χ1) is 11.3. The third-order valence-corrected chi connectivity index (χ3v) is 7.12. The average molecular weight is 347 g/mol. The van der Waals surface area contributed by atoms with E-state index in [0.29, 0.717) is 29.3 Å². The van der Waals surface area contributed by atoms with E-state index in [1.807, 2.05) is 12.1 Å².